The number of hydrogen-bond acceptors (Lipinski definition) is 6. The third-order valence-electron chi connectivity index (χ3n) is 4.04. The van der Waals surface area contributed by atoms with Gasteiger partial charge in [-0.1, -0.05) is 29.8 Å². The van der Waals surface area contributed by atoms with E-state index in [4.69, 9.17) is 17.7 Å². The Kier molecular flexibility index (Phi) is 3.71. The van der Waals surface area contributed by atoms with Crippen LogP contribution in [0.4, 0.5) is 0 Å². The Morgan fingerprint density at radius 2 is 2.00 bits per heavy atom. The fourth-order valence-corrected chi connectivity index (χ4v) is 3.78. The number of aliphatic hydroxyl groups is 5. The van der Waals surface area contributed by atoms with Crippen LogP contribution in [0, 0.1) is 0 Å². The predicted molar refractivity (Wildman–Crippen MR) is 84.8 cm³/mol. The molecule has 0 aliphatic carbocycles. The van der Waals surface area contributed by atoms with Gasteiger partial charge in [0, 0.05) is 5.52 Å². The van der Waals surface area contributed by atoms with Gasteiger partial charge in [0.05, 0.1) is 13.7 Å². The van der Waals surface area contributed by atoms with Gasteiger partial charge in [0.1, 0.15) is 6.10 Å². The lowest BCUT2D eigenvalue weighted by molar-refractivity contribution is -0.351. The molecule has 1 saturated heterocycles. The first-order valence-corrected chi connectivity index (χ1v) is 7.80. The highest BCUT2D eigenvalue weighted by Gasteiger charge is 2.72. The van der Waals surface area contributed by atoms with Gasteiger partial charge >= 0.3 is 0 Å². The molecule has 126 valence electrons. The minimum Gasteiger partial charge on any atom is -0.394 e. The Morgan fingerprint density at radius 1 is 1.35 bits per heavy atom. The molecule has 0 saturated carbocycles. The van der Waals surface area contributed by atoms with Crippen LogP contribution in [0.3, 0.4) is 0 Å². The highest BCUT2D eigenvalue weighted by atomic mass is 79.9. The zero-order valence-electron chi connectivity index (χ0n) is 12.6. The molecule has 6 N–H and O–H groups in total. The summed E-state index contributed by atoms with van der Waals surface area (Å²) in [6, 6.07) is 8.23. The SMILES string of the molecule is [2H][C@@]1(O)O[C@H](CO)[C@@](O)(Cl)[C@@](O)(c2cc3ccccc3[nH]2)[C@]1(O)Br. The number of hydrogen-bond donors (Lipinski definition) is 6. The Labute approximate surface area is 145 Å². The van der Waals surface area contributed by atoms with Gasteiger partial charge in [0.15, 0.2) is 11.9 Å². The second-order valence-corrected chi connectivity index (χ2v) is 7.09. The van der Waals surface area contributed by atoms with Crippen molar-refractivity contribution in [2.75, 3.05) is 6.61 Å². The van der Waals surface area contributed by atoms with Crippen LogP contribution in [0.5, 0.6) is 0 Å². The van der Waals surface area contributed by atoms with Crippen molar-refractivity contribution in [2.24, 2.45) is 0 Å². The Balaban J connectivity index is 2.29. The monoisotopic (exact) mass is 408 g/mol. The molecule has 1 aliphatic heterocycles. The lowest BCUT2D eigenvalue weighted by atomic mass is 9.80. The molecule has 2 aromatic rings. The first-order chi connectivity index (χ1) is 11.0. The second-order valence-electron chi connectivity index (χ2n) is 5.37. The van der Waals surface area contributed by atoms with Gasteiger partial charge in [-0.2, -0.15) is 0 Å². The molecule has 0 unspecified atom stereocenters. The number of rotatable bonds is 2. The molecule has 5 atom stereocenters. The van der Waals surface area contributed by atoms with Crippen molar-refractivity contribution < 1.29 is 31.6 Å². The molecule has 1 fully saturated rings. The van der Waals surface area contributed by atoms with E-state index in [1.54, 1.807) is 24.3 Å². The van der Waals surface area contributed by atoms with E-state index in [1.807, 2.05) is 0 Å². The number of halogens is 2. The topological polar surface area (TPSA) is 126 Å². The van der Waals surface area contributed by atoms with Crippen LogP contribution in [0.25, 0.3) is 10.9 Å². The van der Waals surface area contributed by atoms with E-state index in [9.17, 15) is 25.5 Å². The quantitative estimate of drug-likeness (QED) is 0.390. The number of fused-ring (bicyclic) bond motifs is 1. The molecule has 0 spiro atoms. The highest BCUT2D eigenvalue weighted by Crippen LogP contribution is 2.54. The first-order valence-electron chi connectivity index (χ1n) is 7.13. The molecule has 3 rings (SSSR count). The highest BCUT2D eigenvalue weighted by molar-refractivity contribution is 9.10. The number of para-hydroxylation sites is 1. The van der Waals surface area contributed by atoms with Crippen LogP contribution in [0.15, 0.2) is 30.3 Å². The minimum absolute atomic E-state index is 0.187. The summed E-state index contributed by atoms with van der Waals surface area (Å²) >= 11 is 8.70. The second kappa shape index (κ2) is 5.40. The van der Waals surface area contributed by atoms with Gasteiger partial charge in [-0.05, 0) is 33.4 Å². The molecular weight excluding hydrogens is 394 g/mol. The van der Waals surface area contributed by atoms with Gasteiger partial charge in [-0.25, -0.2) is 0 Å². The fourth-order valence-electron chi connectivity index (χ4n) is 2.70. The number of aromatic amines is 1. The third kappa shape index (κ3) is 2.18. The number of aromatic nitrogens is 1. The largest absolute Gasteiger partial charge is 0.394 e. The Bertz CT molecular complexity index is 748. The van der Waals surface area contributed by atoms with E-state index in [0.29, 0.717) is 10.9 Å². The van der Waals surface area contributed by atoms with Crippen LogP contribution in [-0.4, -0.2) is 59.1 Å². The summed E-state index contributed by atoms with van der Waals surface area (Å²) in [5.41, 5.74) is -2.48. The maximum atomic E-state index is 11.2. The first kappa shape index (κ1) is 15.8. The van der Waals surface area contributed by atoms with E-state index >= 15 is 0 Å². The molecular formula is C14H15BrClNO6. The maximum Gasteiger partial charge on any atom is 0.209 e. The van der Waals surface area contributed by atoms with Gasteiger partial charge < -0.3 is 35.3 Å². The average molecular weight is 410 g/mol. The normalized spacial score (nSPS) is 45.2. The van der Waals surface area contributed by atoms with E-state index in [-0.39, 0.29) is 5.69 Å². The molecule has 23 heavy (non-hydrogen) atoms. The van der Waals surface area contributed by atoms with Crippen molar-refractivity contribution in [3.05, 3.63) is 36.0 Å². The van der Waals surface area contributed by atoms with E-state index in [0.717, 1.165) is 0 Å². The number of H-pyrrole nitrogens is 1. The lowest BCUT2D eigenvalue weighted by Crippen LogP contribution is -2.74. The third-order valence-corrected chi connectivity index (χ3v) is 5.47. The molecule has 0 bridgehead atoms. The summed E-state index contributed by atoms with van der Waals surface area (Å²) in [6.45, 7) is -0.924. The van der Waals surface area contributed by atoms with Crippen LogP contribution < -0.4 is 0 Å². The summed E-state index contributed by atoms with van der Waals surface area (Å²) in [7, 11) is 0. The van der Waals surface area contributed by atoms with Crippen LogP contribution in [0.1, 0.15) is 7.06 Å². The van der Waals surface area contributed by atoms with Gasteiger partial charge in [-0.15, -0.1) is 0 Å². The number of aliphatic hydroxyl groups excluding tert-OH is 1. The summed E-state index contributed by atoms with van der Waals surface area (Å²) in [4.78, 5) is 2.78. The minimum atomic E-state index is -3.13. The summed E-state index contributed by atoms with van der Waals surface area (Å²) in [6.07, 6.45) is -4.90. The zero-order chi connectivity index (χ0) is 18.0. The molecule has 0 amide bonds. The number of alkyl halides is 2. The molecule has 7 nitrogen and oxygen atoms in total. The summed E-state index contributed by atoms with van der Waals surface area (Å²) < 4.78 is 9.59. The van der Waals surface area contributed by atoms with Crippen molar-refractivity contribution in [2.45, 2.75) is 27.5 Å². The van der Waals surface area contributed by atoms with E-state index in [1.165, 1.54) is 6.07 Å². The van der Waals surface area contributed by atoms with Crippen molar-refractivity contribution in [1.29, 1.82) is 0 Å². The number of benzene rings is 1. The zero-order valence-corrected chi connectivity index (χ0v) is 13.9. The molecule has 0 radical (unpaired) electrons. The number of nitrogens with one attached hydrogen (secondary N) is 1. The Morgan fingerprint density at radius 3 is 2.61 bits per heavy atom. The molecule has 1 aliphatic rings. The molecule has 1 aromatic heterocycles. The number of ether oxygens (including phenoxy) is 1. The van der Waals surface area contributed by atoms with Gasteiger partial charge in [0.25, 0.3) is 0 Å². The predicted octanol–water partition coefficient (Wildman–Crippen LogP) is 0.0759. The Hall–Kier alpha value is -0.710. The average Bonchev–Trinajstić information content (AvgIpc) is 2.94. The van der Waals surface area contributed by atoms with Crippen molar-refractivity contribution in [3.63, 3.8) is 0 Å². The van der Waals surface area contributed by atoms with E-state index < -0.39 is 34.1 Å². The van der Waals surface area contributed by atoms with E-state index in [2.05, 4.69) is 20.9 Å². The smallest absolute Gasteiger partial charge is 0.209 e. The van der Waals surface area contributed by atoms with Crippen LogP contribution in [-0.2, 0) is 10.3 Å². The fraction of sp³-hybridized carbons (Fsp3) is 0.429. The molecule has 1 aromatic carbocycles. The van der Waals surface area contributed by atoms with Crippen LogP contribution >= 0.6 is 27.5 Å². The van der Waals surface area contributed by atoms with Crippen LogP contribution in [0.2, 0.25) is 0 Å². The summed E-state index contributed by atoms with van der Waals surface area (Å²) in [5.74, 6) is 0. The van der Waals surface area contributed by atoms with Crippen molar-refractivity contribution >= 4 is 38.4 Å². The lowest BCUT2D eigenvalue weighted by Gasteiger charge is -2.54. The standard InChI is InChI=1S/C14H15BrClNO6/c15-13(21)11(19)23-10(6-18)14(16,22)12(13,20)9-5-7-3-1-2-4-8(7)17-9/h1-5,10-11,17-22H,6H2/t10-,11-,12-,13+,14+/m1/s1/i11D. The molecule has 2 heterocycles. The summed E-state index contributed by atoms with van der Waals surface area (Å²) in [5, 5.41) is 49.7. The van der Waals surface area contributed by atoms with Gasteiger partial charge in [0.2, 0.25) is 9.57 Å². The molecule has 9 heteroatoms. The van der Waals surface area contributed by atoms with Crippen molar-refractivity contribution in [1.82, 2.24) is 4.98 Å². The van der Waals surface area contributed by atoms with Gasteiger partial charge in [-0.3, -0.25) is 0 Å². The maximum absolute atomic E-state index is 11.2. The van der Waals surface area contributed by atoms with Crippen molar-refractivity contribution in [3.8, 4) is 0 Å².